The lowest BCUT2D eigenvalue weighted by Gasteiger charge is -2.03. The topological polar surface area (TPSA) is 106 Å². The van der Waals surface area contributed by atoms with Crippen LogP contribution >= 0.6 is 0 Å². The van der Waals surface area contributed by atoms with Gasteiger partial charge in [-0.1, -0.05) is 0 Å². The van der Waals surface area contributed by atoms with Crippen molar-refractivity contribution in [3.05, 3.63) is 24.2 Å². The van der Waals surface area contributed by atoms with Crippen LogP contribution in [0.1, 0.15) is 25.0 Å². The highest BCUT2D eigenvalue weighted by Gasteiger charge is 2.18. The van der Waals surface area contributed by atoms with Crippen molar-refractivity contribution in [3.63, 3.8) is 0 Å². The summed E-state index contributed by atoms with van der Waals surface area (Å²) in [4.78, 5) is 8.04. The molecule has 0 atom stereocenters. The van der Waals surface area contributed by atoms with Crippen molar-refractivity contribution in [1.29, 1.82) is 0 Å². The van der Waals surface area contributed by atoms with E-state index < -0.39 is 10.0 Å². The molecule has 0 saturated carbocycles. The molecule has 2 N–H and O–H groups in total. The van der Waals surface area contributed by atoms with Gasteiger partial charge in [0.1, 0.15) is 18.0 Å². The van der Waals surface area contributed by atoms with Gasteiger partial charge in [0.25, 0.3) is 10.0 Å². The molecule has 0 aliphatic heterocycles. The van der Waals surface area contributed by atoms with Gasteiger partial charge in [0.2, 0.25) is 0 Å². The first-order chi connectivity index (χ1) is 9.53. The number of nitrogens with one attached hydrogen (secondary N) is 2. The Morgan fingerprint density at radius 1 is 1.45 bits per heavy atom. The van der Waals surface area contributed by atoms with E-state index in [1.165, 1.54) is 6.33 Å². The number of aromatic amines is 1. The Morgan fingerprint density at radius 3 is 2.85 bits per heavy atom. The van der Waals surface area contributed by atoms with Crippen molar-refractivity contribution < 1.29 is 8.42 Å². The Bertz CT molecular complexity index is 647. The molecule has 0 spiro atoms. The number of hydrogen-bond donors (Lipinski definition) is 2. The van der Waals surface area contributed by atoms with Crippen LogP contribution in [0, 0.1) is 6.92 Å². The van der Waals surface area contributed by atoms with Crippen LogP contribution in [-0.2, 0) is 23.0 Å². The van der Waals surface area contributed by atoms with Crippen LogP contribution in [0.15, 0.2) is 17.6 Å². The first-order valence-corrected chi connectivity index (χ1v) is 7.89. The zero-order chi connectivity index (χ0) is 14.6. The normalized spacial score (nSPS) is 11.9. The molecule has 0 aliphatic carbocycles. The Hall–Kier alpha value is -1.74. The summed E-state index contributed by atoms with van der Waals surface area (Å²) in [6.45, 7) is 4.75. The Labute approximate surface area is 117 Å². The average molecular weight is 298 g/mol. The van der Waals surface area contributed by atoms with Gasteiger partial charge in [-0.15, -0.1) is 0 Å². The SMILES string of the molecule is CCn1cc(S(=O)(=O)NCCCc2ncn[nH]2)nc1C. The van der Waals surface area contributed by atoms with Crippen LogP contribution < -0.4 is 4.72 Å². The highest BCUT2D eigenvalue weighted by molar-refractivity contribution is 7.89. The third-order valence-electron chi connectivity index (χ3n) is 2.92. The minimum Gasteiger partial charge on any atom is -0.334 e. The summed E-state index contributed by atoms with van der Waals surface area (Å²) in [6.07, 6.45) is 4.26. The van der Waals surface area contributed by atoms with Crippen molar-refractivity contribution in [1.82, 2.24) is 29.5 Å². The fraction of sp³-hybridized carbons (Fsp3) is 0.545. The summed E-state index contributed by atoms with van der Waals surface area (Å²) >= 11 is 0. The van der Waals surface area contributed by atoms with Crippen molar-refractivity contribution in [3.8, 4) is 0 Å². The number of sulfonamides is 1. The van der Waals surface area contributed by atoms with Crippen molar-refractivity contribution in [2.45, 2.75) is 38.3 Å². The standard InChI is InChI=1S/C11H18N6O2S/c1-3-17-7-11(15-9(17)2)20(18,19)14-6-4-5-10-12-8-13-16-10/h7-8,14H,3-6H2,1-2H3,(H,12,13,16). The minimum absolute atomic E-state index is 0.0662. The predicted molar refractivity (Wildman–Crippen MR) is 72.5 cm³/mol. The number of hydrogen-bond acceptors (Lipinski definition) is 5. The quantitative estimate of drug-likeness (QED) is 0.712. The van der Waals surface area contributed by atoms with Crippen molar-refractivity contribution in [2.24, 2.45) is 0 Å². The molecule has 2 aromatic heterocycles. The molecule has 2 aromatic rings. The number of rotatable bonds is 7. The van der Waals surface area contributed by atoms with Gasteiger partial charge in [0.05, 0.1) is 0 Å². The summed E-state index contributed by atoms with van der Waals surface area (Å²) in [5.74, 6) is 1.44. The highest BCUT2D eigenvalue weighted by Crippen LogP contribution is 2.08. The molecular formula is C11H18N6O2S. The van der Waals surface area contributed by atoms with Crippen LogP contribution in [0.4, 0.5) is 0 Å². The molecule has 9 heteroatoms. The molecule has 0 bridgehead atoms. The molecule has 0 aromatic carbocycles. The molecule has 2 heterocycles. The zero-order valence-electron chi connectivity index (χ0n) is 11.5. The van der Waals surface area contributed by atoms with Gasteiger partial charge in [0, 0.05) is 25.7 Å². The third-order valence-corrected chi connectivity index (χ3v) is 4.25. The Balaban J connectivity index is 1.90. The van der Waals surface area contributed by atoms with E-state index in [1.54, 1.807) is 17.7 Å². The first-order valence-electron chi connectivity index (χ1n) is 6.40. The maximum Gasteiger partial charge on any atom is 0.259 e. The van der Waals surface area contributed by atoms with E-state index in [4.69, 9.17) is 0 Å². The number of imidazole rings is 1. The molecule has 8 nitrogen and oxygen atoms in total. The molecule has 0 saturated heterocycles. The van der Waals surface area contributed by atoms with E-state index >= 15 is 0 Å². The van der Waals surface area contributed by atoms with Crippen LogP contribution in [-0.4, -0.2) is 39.7 Å². The fourth-order valence-corrected chi connectivity index (χ4v) is 2.90. The summed E-state index contributed by atoms with van der Waals surface area (Å²) in [5, 5.41) is 6.53. The second kappa shape index (κ2) is 6.14. The molecule has 20 heavy (non-hydrogen) atoms. The van der Waals surface area contributed by atoms with Gasteiger partial charge in [-0.3, -0.25) is 5.10 Å². The van der Waals surface area contributed by atoms with Crippen LogP contribution in [0.5, 0.6) is 0 Å². The maximum atomic E-state index is 12.1. The number of aryl methyl sites for hydroxylation is 3. The maximum absolute atomic E-state index is 12.1. The second-order valence-electron chi connectivity index (χ2n) is 4.35. The van der Waals surface area contributed by atoms with Crippen LogP contribution in [0.25, 0.3) is 0 Å². The molecule has 0 unspecified atom stereocenters. The monoisotopic (exact) mass is 298 g/mol. The molecule has 110 valence electrons. The van der Waals surface area contributed by atoms with Crippen molar-refractivity contribution >= 4 is 10.0 Å². The van der Waals surface area contributed by atoms with Crippen molar-refractivity contribution in [2.75, 3.05) is 6.54 Å². The smallest absolute Gasteiger partial charge is 0.259 e. The lowest BCUT2D eigenvalue weighted by molar-refractivity contribution is 0.574. The first kappa shape index (κ1) is 14.7. The van der Waals surface area contributed by atoms with E-state index in [9.17, 15) is 8.42 Å². The molecule has 0 amide bonds. The van der Waals surface area contributed by atoms with Gasteiger partial charge in [-0.25, -0.2) is 23.1 Å². The Morgan fingerprint density at radius 2 is 2.25 bits per heavy atom. The number of nitrogens with zero attached hydrogens (tertiary/aromatic N) is 4. The minimum atomic E-state index is -3.54. The number of H-pyrrole nitrogens is 1. The van der Waals surface area contributed by atoms with Gasteiger partial charge < -0.3 is 4.57 Å². The van der Waals surface area contributed by atoms with Gasteiger partial charge in [0.15, 0.2) is 5.03 Å². The van der Waals surface area contributed by atoms with Gasteiger partial charge >= 0.3 is 0 Å². The lowest BCUT2D eigenvalue weighted by Crippen LogP contribution is -2.25. The second-order valence-corrected chi connectivity index (χ2v) is 6.06. The Kier molecular flexibility index (Phi) is 4.50. The largest absolute Gasteiger partial charge is 0.334 e. The number of aromatic nitrogens is 5. The summed E-state index contributed by atoms with van der Waals surface area (Å²) in [7, 11) is -3.54. The fourth-order valence-electron chi connectivity index (χ4n) is 1.82. The van der Waals surface area contributed by atoms with Crippen LogP contribution in [0.2, 0.25) is 0 Å². The van der Waals surface area contributed by atoms with E-state index in [-0.39, 0.29) is 5.03 Å². The third kappa shape index (κ3) is 3.42. The van der Waals surface area contributed by atoms with E-state index in [0.29, 0.717) is 31.8 Å². The molecule has 0 aliphatic rings. The average Bonchev–Trinajstić information content (AvgIpc) is 3.04. The lowest BCUT2D eigenvalue weighted by atomic mass is 10.3. The zero-order valence-corrected chi connectivity index (χ0v) is 12.3. The molecule has 2 rings (SSSR count). The summed E-state index contributed by atoms with van der Waals surface area (Å²) in [5.41, 5.74) is 0. The molecule has 0 fully saturated rings. The van der Waals surface area contributed by atoms with Crippen LogP contribution in [0.3, 0.4) is 0 Å². The van der Waals surface area contributed by atoms with E-state index in [0.717, 1.165) is 5.82 Å². The van der Waals surface area contributed by atoms with E-state index in [2.05, 4.69) is 24.9 Å². The predicted octanol–water partition coefficient (Wildman–Crippen LogP) is 0.241. The van der Waals surface area contributed by atoms with Gasteiger partial charge in [-0.05, 0) is 20.3 Å². The summed E-state index contributed by atoms with van der Waals surface area (Å²) < 4.78 is 28.4. The summed E-state index contributed by atoms with van der Waals surface area (Å²) in [6, 6.07) is 0. The highest BCUT2D eigenvalue weighted by atomic mass is 32.2. The van der Waals surface area contributed by atoms with E-state index in [1.807, 2.05) is 6.92 Å². The molecule has 0 radical (unpaired) electrons. The molecular weight excluding hydrogens is 280 g/mol. The van der Waals surface area contributed by atoms with Gasteiger partial charge in [-0.2, -0.15) is 5.10 Å².